The van der Waals surface area contributed by atoms with Crippen LogP contribution in [0.5, 0.6) is 5.75 Å². The van der Waals surface area contributed by atoms with Gasteiger partial charge in [-0.15, -0.1) is 0 Å². The van der Waals surface area contributed by atoms with E-state index in [2.05, 4.69) is 4.99 Å². The Hall–Kier alpha value is -3.49. The van der Waals surface area contributed by atoms with Crippen molar-refractivity contribution in [3.05, 3.63) is 95.6 Å². The monoisotopic (exact) mass is 482 g/mol. The van der Waals surface area contributed by atoms with Crippen molar-refractivity contribution in [2.45, 2.75) is 19.9 Å². The van der Waals surface area contributed by atoms with Crippen LogP contribution in [0.3, 0.4) is 0 Å². The second kappa shape index (κ2) is 9.17. The molecule has 9 heteroatoms. The lowest BCUT2D eigenvalue weighted by Gasteiger charge is -2.24. The quantitative estimate of drug-likeness (QED) is 0.421. The van der Waals surface area contributed by atoms with Gasteiger partial charge in [0.1, 0.15) is 5.75 Å². The van der Waals surface area contributed by atoms with Crippen LogP contribution in [0, 0.1) is 0 Å². The fourth-order valence-corrected chi connectivity index (χ4v) is 4.85. The number of halogens is 1. The second-order valence-corrected chi connectivity index (χ2v) is 8.67. The topological polar surface area (TPSA) is 87.0 Å². The maximum Gasteiger partial charge on any atom is 0.338 e. The number of hydrogen-bond donors (Lipinski definition) is 0. The third kappa shape index (κ3) is 4.40. The van der Waals surface area contributed by atoms with Crippen LogP contribution < -0.4 is 19.6 Å². The number of benzene rings is 2. The molecule has 1 aromatic heterocycles. The van der Waals surface area contributed by atoms with Crippen LogP contribution in [0.25, 0.3) is 6.08 Å². The van der Waals surface area contributed by atoms with Gasteiger partial charge in [-0.2, -0.15) is 0 Å². The van der Waals surface area contributed by atoms with Gasteiger partial charge in [0.15, 0.2) is 4.80 Å². The summed E-state index contributed by atoms with van der Waals surface area (Å²) in [5.41, 5.74) is 1.76. The molecule has 1 unspecified atom stereocenters. The highest BCUT2D eigenvalue weighted by Crippen LogP contribution is 2.31. The minimum atomic E-state index is -0.756. The Balaban J connectivity index is 1.93. The molecule has 168 valence electrons. The molecule has 1 aliphatic heterocycles. The molecule has 3 aromatic rings. The molecule has 0 bridgehead atoms. The SMILES string of the molecule is COC(=O)C1=C(C)N=c2s/c(=C\c3ccccc3Cl)c(=O)n2C1c1ccc(OC(C)=O)cc1. The van der Waals surface area contributed by atoms with E-state index in [4.69, 9.17) is 21.1 Å². The number of aromatic nitrogens is 1. The summed E-state index contributed by atoms with van der Waals surface area (Å²) in [6.45, 7) is 3.02. The molecule has 0 saturated carbocycles. The van der Waals surface area contributed by atoms with E-state index in [1.807, 2.05) is 18.2 Å². The van der Waals surface area contributed by atoms with Crippen molar-refractivity contribution in [2.24, 2.45) is 4.99 Å². The zero-order valence-electron chi connectivity index (χ0n) is 18.0. The van der Waals surface area contributed by atoms with Crippen molar-refractivity contribution in [1.29, 1.82) is 0 Å². The van der Waals surface area contributed by atoms with Crippen molar-refractivity contribution in [2.75, 3.05) is 7.11 Å². The lowest BCUT2D eigenvalue weighted by molar-refractivity contribution is -0.136. The second-order valence-electron chi connectivity index (χ2n) is 7.26. The first-order chi connectivity index (χ1) is 15.8. The molecule has 0 fully saturated rings. The van der Waals surface area contributed by atoms with Crippen LogP contribution >= 0.6 is 22.9 Å². The van der Waals surface area contributed by atoms with E-state index in [-0.39, 0.29) is 11.1 Å². The fraction of sp³-hybridized carbons (Fsp3) is 0.167. The van der Waals surface area contributed by atoms with Gasteiger partial charge >= 0.3 is 11.9 Å². The van der Waals surface area contributed by atoms with Crippen LogP contribution in [-0.4, -0.2) is 23.6 Å². The molecular weight excluding hydrogens is 464 g/mol. The smallest absolute Gasteiger partial charge is 0.338 e. The largest absolute Gasteiger partial charge is 0.466 e. The van der Waals surface area contributed by atoms with E-state index in [0.717, 1.165) is 0 Å². The van der Waals surface area contributed by atoms with Crippen molar-refractivity contribution in [3.8, 4) is 5.75 Å². The van der Waals surface area contributed by atoms with Gasteiger partial charge in [-0.1, -0.05) is 53.3 Å². The van der Waals surface area contributed by atoms with Gasteiger partial charge in [-0.25, -0.2) is 9.79 Å². The van der Waals surface area contributed by atoms with E-state index in [9.17, 15) is 14.4 Å². The molecule has 0 radical (unpaired) electrons. The number of carbonyl (C=O) groups excluding carboxylic acids is 2. The molecule has 0 saturated heterocycles. The Morgan fingerprint density at radius 1 is 1.15 bits per heavy atom. The number of allylic oxidation sites excluding steroid dienone is 1. The third-order valence-corrected chi connectivity index (χ3v) is 6.40. The van der Waals surface area contributed by atoms with Crippen LogP contribution in [0.1, 0.15) is 31.0 Å². The number of carbonyl (C=O) groups is 2. The summed E-state index contributed by atoms with van der Waals surface area (Å²) in [4.78, 5) is 42.4. The molecule has 4 rings (SSSR count). The molecule has 0 spiro atoms. The molecule has 0 N–H and O–H groups in total. The van der Waals surface area contributed by atoms with Gasteiger partial charge in [0.25, 0.3) is 5.56 Å². The van der Waals surface area contributed by atoms with Crippen molar-refractivity contribution in [3.63, 3.8) is 0 Å². The standard InChI is InChI=1S/C24H19ClN2O5S/c1-13-20(23(30)31-3)21(15-8-10-17(11-9-15)32-14(2)28)27-22(29)19(33-24(27)26-13)12-16-6-4-5-7-18(16)25/h4-12,21H,1-3H3/b19-12-. The van der Waals surface area contributed by atoms with Crippen molar-refractivity contribution < 1.29 is 19.1 Å². The van der Waals surface area contributed by atoms with E-state index in [1.165, 1.54) is 29.9 Å². The highest BCUT2D eigenvalue weighted by Gasteiger charge is 2.33. The Labute approximate surface area is 197 Å². The number of fused-ring (bicyclic) bond motifs is 1. The first-order valence-corrected chi connectivity index (χ1v) is 11.1. The molecule has 33 heavy (non-hydrogen) atoms. The summed E-state index contributed by atoms with van der Waals surface area (Å²) in [5.74, 6) is -0.662. The minimum Gasteiger partial charge on any atom is -0.466 e. The molecular formula is C24H19ClN2O5S. The van der Waals surface area contributed by atoms with E-state index in [0.29, 0.717) is 36.9 Å². The van der Waals surface area contributed by atoms with Crippen molar-refractivity contribution in [1.82, 2.24) is 4.57 Å². The van der Waals surface area contributed by atoms with Gasteiger partial charge in [-0.3, -0.25) is 14.2 Å². The Kier molecular flexibility index (Phi) is 6.31. The zero-order valence-corrected chi connectivity index (χ0v) is 19.6. The highest BCUT2D eigenvalue weighted by molar-refractivity contribution is 7.07. The van der Waals surface area contributed by atoms with Gasteiger partial charge < -0.3 is 9.47 Å². The fourth-order valence-electron chi connectivity index (χ4n) is 3.63. The van der Waals surface area contributed by atoms with Crippen molar-refractivity contribution >= 4 is 41.0 Å². The molecule has 2 aromatic carbocycles. The molecule has 1 atom stereocenters. The summed E-state index contributed by atoms with van der Waals surface area (Å²) in [7, 11) is 1.28. The Morgan fingerprint density at radius 3 is 2.48 bits per heavy atom. The normalized spacial score (nSPS) is 15.6. The Morgan fingerprint density at radius 2 is 1.85 bits per heavy atom. The maximum absolute atomic E-state index is 13.5. The number of ether oxygens (including phenoxy) is 2. The molecule has 2 heterocycles. The molecule has 0 amide bonds. The predicted molar refractivity (Wildman–Crippen MR) is 125 cm³/mol. The van der Waals surface area contributed by atoms with Crippen LogP contribution in [-0.2, 0) is 14.3 Å². The minimum absolute atomic E-state index is 0.259. The van der Waals surface area contributed by atoms with Crippen LogP contribution in [0.2, 0.25) is 5.02 Å². The molecule has 7 nitrogen and oxygen atoms in total. The van der Waals surface area contributed by atoms with Gasteiger partial charge in [0.2, 0.25) is 0 Å². The summed E-state index contributed by atoms with van der Waals surface area (Å²) >= 11 is 7.49. The summed E-state index contributed by atoms with van der Waals surface area (Å²) in [5, 5.41) is 0.521. The summed E-state index contributed by atoms with van der Waals surface area (Å²) in [6.07, 6.45) is 1.71. The number of methoxy groups -OCH3 is 1. The van der Waals surface area contributed by atoms with Crippen LogP contribution in [0.4, 0.5) is 0 Å². The lowest BCUT2D eigenvalue weighted by Crippen LogP contribution is -2.39. The average molecular weight is 483 g/mol. The number of rotatable bonds is 4. The first-order valence-electron chi connectivity index (χ1n) is 9.94. The van der Waals surface area contributed by atoms with E-state index in [1.54, 1.807) is 43.3 Å². The number of nitrogens with zero attached hydrogens (tertiary/aromatic N) is 2. The van der Waals surface area contributed by atoms with Gasteiger partial charge in [-0.05, 0) is 42.3 Å². The maximum atomic E-state index is 13.5. The first kappa shape index (κ1) is 22.7. The Bertz CT molecular complexity index is 1470. The number of thiazole rings is 1. The summed E-state index contributed by atoms with van der Waals surface area (Å²) < 4.78 is 12.0. The van der Waals surface area contributed by atoms with E-state index < -0.39 is 18.0 Å². The van der Waals surface area contributed by atoms with E-state index >= 15 is 0 Å². The predicted octanol–water partition coefficient (Wildman–Crippen LogP) is 2.99. The molecule has 0 aliphatic carbocycles. The van der Waals surface area contributed by atoms with Gasteiger partial charge in [0.05, 0.1) is 29.0 Å². The zero-order chi connectivity index (χ0) is 23.7. The highest BCUT2D eigenvalue weighted by atomic mass is 35.5. The average Bonchev–Trinajstić information content (AvgIpc) is 3.08. The van der Waals surface area contributed by atoms with Crippen LogP contribution in [0.15, 0.2) is 69.6 Å². The summed E-state index contributed by atoms with van der Waals surface area (Å²) in [6, 6.07) is 13.1. The molecule has 1 aliphatic rings. The third-order valence-electron chi connectivity index (χ3n) is 5.08. The lowest BCUT2D eigenvalue weighted by atomic mass is 9.96. The number of hydrogen-bond acceptors (Lipinski definition) is 7. The van der Waals surface area contributed by atoms with Gasteiger partial charge in [0, 0.05) is 11.9 Å². The number of esters is 2.